The molecule has 0 spiro atoms. The maximum atomic E-state index is 11.8. The van der Waals surface area contributed by atoms with Crippen LogP contribution in [0.25, 0.3) is 0 Å². The van der Waals surface area contributed by atoms with Gasteiger partial charge in [-0.1, -0.05) is 13.8 Å². The summed E-state index contributed by atoms with van der Waals surface area (Å²) in [5.74, 6) is -2.40. The average Bonchev–Trinajstić information content (AvgIpc) is 2.40. The molecule has 1 aliphatic rings. The average molecular weight is 315 g/mol. The third-order valence-electron chi connectivity index (χ3n) is 3.12. The fourth-order valence-corrected chi connectivity index (χ4v) is 2.89. The van der Waals surface area contributed by atoms with Crippen molar-refractivity contribution in [3.05, 3.63) is 0 Å². The Kier molecular flexibility index (Phi) is 5.87. The summed E-state index contributed by atoms with van der Waals surface area (Å²) in [4.78, 5) is 0. The minimum Gasteiger partial charge on any atom is -0.388 e. The van der Waals surface area contributed by atoms with Crippen LogP contribution < -0.4 is 0 Å². The molecule has 0 amide bonds. The molecule has 1 saturated heterocycles. The number of rotatable bonds is 6. The van der Waals surface area contributed by atoms with Crippen molar-refractivity contribution < 1.29 is 37.8 Å². The van der Waals surface area contributed by atoms with Gasteiger partial charge in [0.05, 0.1) is 6.61 Å². The predicted octanol–water partition coefficient (Wildman–Crippen LogP) is -2.61. The van der Waals surface area contributed by atoms with Crippen LogP contribution in [0.3, 0.4) is 0 Å². The fourth-order valence-electron chi connectivity index (χ4n) is 1.79. The standard InChI is InChI=1S/C10H21NO8S/c1-3-11(4-2)20(16,17)19-6-10(15)9(14)8(13)7(12)5-18-10/h7-9,12-15H,3-6H2,1-2H3/t7-,8-,9+,10-/m1/s1. The summed E-state index contributed by atoms with van der Waals surface area (Å²) in [6, 6.07) is 0. The van der Waals surface area contributed by atoms with Crippen LogP contribution >= 0.6 is 0 Å². The first-order chi connectivity index (χ1) is 9.18. The van der Waals surface area contributed by atoms with E-state index in [2.05, 4.69) is 4.18 Å². The molecule has 1 rings (SSSR count). The lowest BCUT2D eigenvalue weighted by Gasteiger charge is -2.41. The number of nitrogens with zero attached hydrogens (tertiary/aromatic N) is 1. The molecule has 0 unspecified atom stereocenters. The second kappa shape index (κ2) is 6.62. The summed E-state index contributed by atoms with van der Waals surface area (Å²) in [5.41, 5.74) is 0. The van der Waals surface area contributed by atoms with Crippen molar-refractivity contribution in [2.75, 3.05) is 26.3 Å². The lowest BCUT2D eigenvalue weighted by Crippen LogP contribution is -2.63. The van der Waals surface area contributed by atoms with Crippen LogP contribution in [0, 0.1) is 0 Å². The zero-order valence-electron chi connectivity index (χ0n) is 11.3. The molecule has 1 aliphatic heterocycles. The maximum Gasteiger partial charge on any atom is 0.338 e. The third-order valence-corrected chi connectivity index (χ3v) is 4.68. The van der Waals surface area contributed by atoms with Crippen LogP contribution in [-0.4, -0.2) is 83.6 Å². The second-order valence-electron chi connectivity index (χ2n) is 4.46. The molecule has 1 fully saturated rings. The van der Waals surface area contributed by atoms with Gasteiger partial charge in [0.15, 0.2) is 0 Å². The first kappa shape index (κ1) is 17.7. The molecule has 10 heteroatoms. The van der Waals surface area contributed by atoms with Gasteiger partial charge in [0.25, 0.3) is 0 Å². The van der Waals surface area contributed by atoms with Crippen LogP contribution in [0.15, 0.2) is 0 Å². The van der Waals surface area contributed by atoms with Crippen molar-refractivity contribution in [1.29, 1.82) is 0 Å². The molecule has 9 nitrogen and oxygen atoms in total. The van der Waals surface area contributed by atoms with E-state index in [1.807, 2.05) is 0 Å². The van der Waals surface area contributed by atoms with E-state index >= 15 is 0 Å². The molecule has 0 aliphatic carbocycles. The Bertz CT molecular complexity index is 411. The number of ether oxygens (including phenoxy) is 1. The van der Waals surface area contributed by atoms with Crippen LogP contribution in [0.4, 0.5) is 0 Å². The highest BCUT2D eigenvalue weighted by Crippen LogP contribution is 2.25. The highest BCUT2D eigenvalue weighted by molar-refractivity contribution is 7.84. The van der Waals surface area contributed by atoms with Gasteiger partial charge in [-0.25, -0.2) is 0 Å². The quantitative estimate of drug-likeness (QED) is 0.418. The van der Waals surface area contributed by atoms with E-state index in [-0.39, 0.29) is 13.1 Å². The van der Waals surface area contributed by atoms with Gasteiger partial charge < -0.3 is 25.2 Å². The Labute approximate surface area is 117 Å². The van der Waals surface area contributed by atoms with E-state index in [0.29, 0.717) is 0 Å². The maximum absolute atomic E-state index is 11.8. The van der Waals surface area contributed by atoms with Crippen LogP contribution in [0.1, 0.15) is 13.8 Å². The smallest absolute Gasteiger partial charge is 0.338 e. The third kappa shape index (κ3) is 3.65. The van der Waals surface area contributed by atoms with Crippen molar-refractivity contribution in [3.63, 3.8) is 0 Å². The van der Waals surface area contributed by atoms with E-state index in [9.17, 15) is 28.8 Å². The normalized spacial score (nSPS) is 35.5. The van der Waals surface area contributed by atoms with E-state index in [4.69, 9.17) is 4.74 Å². The van der Waals surface area contributed by atoms with Gasteiger partial charge in [-0.15, -0.1) is 0 Å². The molecular formula is C10H21NO8S. The predicted molar refractivity (Wildman–Crippen MR) is 66.7 cm³/mol. The molecule has 0 radical (unpaired) electrons. The molecular weight excluding hydrogens is 294 g/mol. The number of hydrogen-bond donors (Lipinski definition) is 4. The summed E-state index contributed by atoms with van der Waals surface area (Å²) in [5, 5.41) is 38.3. The Morgan fingerprint density at radius 2 is 1.85 bits per heavy atom. The summed E-state index contributed by atoms with van der Waals surface area (Å²) in [6.45, 7) is 2.25. The van der Waals surface area contributed by atoms with Crippen LogP contribution in [0.5, 0.6) is 0 Å². The highest BCUT2D eigenvalue weighted by Gasteiger charge is 2.49. The monoisotopic (exact) mass is 315 g/mol. The van der Waals surface area contributed by atoms with E-state index in [1.165, 1.54) is 0 Å². The molecule has 4 atom stereocenters. The van der Waals surface area contributed by atoms with Crippen LogP contribution in [-0.2, 0) is 19.2 Å². The van der Waals surface area contributed by atoms with E-state index in [1.54, 1.807) is 13.8 Å². The zero-order chi connectivity index (χ0) is 15.6. The molecule has 0 aromatic rings. The topological polar surface area (TPSA) is 137 Å². The van der Waals surface area contributed by atoms with Crippen molar-refractivity contribution >= 4 is 10.3 Å². The Hall–Kier alpha value is -0.330. The Morgan fingerprint density at radius 3 is 2.35 bits per heavy atom. The number of aliphatic hydroxyl groups excluding tert-OH is 3. The molecule has 0 aromatic heterocycles. The first-order valence-electron chi connectivity index (χ1n) is 6.23. The minimum atomic E-state index is -4.08. The summed E-state index contributed by atoms with van der Waals surface area (Å²) >= 11 is 0. The number of hydrogen-bond acceptors (Lipinski definition) is 8. The zero-order valence-corrected chi connectivity index (χ0v) is 12.2. The van der Waals surface area contributed by atoms with Crippen LogP contribution in [0.2, 0.25) is 0 Å². The molecule has 0 bridgehead atoms. The van der Waals surface area contributed by atoms with Gasteiger partial charge in [0.2, 0.25) is 5.79 Å². The van der Waals surface area contributed by atoms with E-state index < -0.39 is 47.6 Å². The fraction of sp³-hybridized carbons (Fsp3) is 1.00. The van der Waals surface area contributed by atoms with Gasteiger partial charge in [-0.2, -0.15) is 12.7 Å². The van der Waals surface area contributed by atoms with Crippen molar-refractivity contribution in [2.45, 2.75) is 37.9 Å². The lowest BCUT2D eigenvalue weighted by molar-refractivity contribution is -0.328. The molecule has 20 heavy (non-hydrogen) atoms. The van der Waals surface area contributed by atoms with Gasteiger partial charge in [0, 0.05) is 13.1 Å². The van der Waals surface area contributed by atoms with Gasteiger partial charge in [-0.05, 0) is 0 Å². The Balaban J connectivity index is 2.73. The van der Waals surface area contributed by atoms with Gasteiger partial charge in [-0.3, -0.25) is 4.18 Å². The summed E-state index contributed by atoms with van der Waals surface area (Å²) in [6.07, 6.45) is -4.92. The summed E-state index contributed by atoms with van der Waals surface area (Å²) < 4.78 is 34.0. The largest absolute Gasteiger partial charge is 0.388 e. The molecule has 1 heterocycles. The molecule has 0 saturated carbocycles. The SMILES string of the molecule is CCN(CC)S(=O)(=O)OC[C@@]1(O)OC[C@@H](O)[C@@H](O)[C@@H]1O. The van der Waals surface area contributed by atoms with Crippen molar-refractivity contribution in [1.82, 2.24) is 4.31 Å². The highest BCUT2D eigenvalue weighted by atomic mass is 32.2. The second-order valence-corrected chi connectivity index (χ2v) is 6.07. The Morgan fingerprint density at radius 1 is 1.30 bits per heavy atom. The molecule has 0 aromatic carbocycles. The van der Waals surface area contributed by atoms with E-state index in [0.717, 1.165) is 4.31 Å². The van der Waals surface area contributed by atoms with Crippen molar-refractivity contribution in [3.8, 4) is 0 Å². The van der Waals surface area contributed by atoms with Gasteiger partial charge >= 0.3 is 10.3 Å². The lowest BCUT2D eigenvalue weighted by atomic mass is 9.98. The first-order valence-corrected chi connectivity index (χ1v) is 7.59. The number of aliphatic hydroxyl groups is 4. The molecule has 4 N–H and O–H groups in total. The summed E-state index contributed by atoms with van der Waals surface area (Å²) in [7, 11) is -4.08. The molecule has 120 valence electrons. The van der Waals surface area contributed by atoms with Gasteiger partial charge in [0.1, 0.15) is 24.9 Å². The minimum absolute atomic E-state index is 0.183. The van der Waals surface area contributed by atoms with Crippen molar-refractivity contribution in [2.24, 2.45) is 0 Å².